The van der Waals surface area contributed by atoms with Crippen molar-refractivity contribution in [2.75, 3.05) is 0 Å². The number of aromatic nitrogens is 1. The van der Waals surface area contributed by atoms with Crippen LogP contribution in [0.2, 0.25) is 13.1 Å². The molecule has 5 rings (SSSR count). The summed E-state index contributed by atoms with van der Waals surface area (Å²) < 4.78 is 2.27. The molecule has 2 heteroatoms. The van der Waals surface area contributed by atoms with Crippen molar-refractivity contribution in [1.82, 2.24) is 0 Å². The Hall–Kier alpha value is -3.49. The predicted molar refractivity (Wildman–Crippen MR) is 157 cm³/mol. The van der Waals surface area contributed by atoms with E-state index in [0.29, 0.717) is 0 Å². The summed E-state index contributed by atoms with van der Waals surface area (Å²) in [6.07, 6.45) is 2.21. The van der Waals surface area contributed by atoms with E-state index in [9.17, 15) is 0 Å². The Bertz CT molecular complexity index is 1540. The molecule has 0 N–H and O–H groups in total. The third-order valence-corrected chi connectivity index (χ3v) is 10.8. The third kappa shape index (κ3) is 4.54. The highest BCUT2D eigenvalue weighted by Gasteiger charge is 2.25. The second kappa shape index (κ2) is 9.52. The lowest BCUT2D eigenvalue weighted by atomic mass is 9.92. The van der Waals surface area contributed by atoms with Crippen LogP contribution < -0.4 is 9.75 Å². The molecule has 0 spiro atoms. The van der Waals surface area contributed by atoms with Crippen molar-refractivity contribution < 1.29 is 4.57 Å². The fourth-order valence-electron chi connectivity index (χ4n) is 5.69. The lowest BCUT2D eigenvalue weighted by Gasteiger charge is -2.24. The van der Waals surface area contributed by atoms with E-state index in [1.165, 1.54) is 60.6 Å². The number of hydrogen-bond acceptors (Lipinski definition) is 0. The van der Waals surface area contributed by atoms with Gasteiger partial charge in [0.15, 0.2) is 6.20 Å². The zero-order valence-electron chi connectivity index (χ0n) is 22.4. The molecule has 0 radical (unpaired) electrons. The minimum Gasteiger partial charge on any atom is -0.200 e. The summed E-state index contributed by atoms with van der Waals surface area (Å²) in [6.45, 7) is 11.6. The summed E-state index contributed by atoms with van der Waals surface area (Å²) in [7, 11) is 0.541. The lowest BCUT2D eigenvalue weighted by Crippen LogP contribution is -2.44. The van der Waals surface area contributed by atoms with Crippen molar-refractivity contribution in [3.05, 3.63) is 119 Å². The van der Waals surface area contributed by atoms with E-state index in [-0.39, 0.29) is 0 Å². The van der Waals surface area contributed by atoms with Crippen LogP contribution in [0.4, 0.5) is 0 Å². The Morgan fingerprint density at radius 2 is 1.42 bits per heavy atom. The molecule has 1 nitrogen and oxygen atoms in total. The minimum absolute atomic E-state index is 1.16. The summed E-state index contributed by atoms with van der Waals surface area (Å²) in [6, 6.07) is 35.1. The van der Waals surface area contributed by atoms with Gasteiger partial charge in [0, 0.05) is 11.6 Å². The first-order valence-corrected chi connectivity index (χ1v) is 16.1. The van der Waals surface area contributed by atoms with Crippen LogP contribution in [0.15, 0.2) is 97.2 Å². The number of rotatable bonds is 5. The first-order valence-electron chi connectivity index (χ1n) is 12.9. The Morgan fingerprint density at radius 3 is 2.11 bits per heavy atom. The Morgan fingerprint density at radius 1 is 0.694 bits per heavy atom. The molecule has 0 aliphatic heterocycles. The highest BCUT2D eigenvalue weighted by atomic mass is 28.3. The van der Waals surface area contributed by atoms with E-state index in [1.807, 2.05) is 0 Å². The highest BCUT2D eigenvalue weighted by Crippen LogP contribution is 2.33. The number of fused-ring (bicyclic) bond motifs is 1. The second-order valence-corrected chi connectivity index (χ2v) is 15.6. The maximum absolute atomic E-state index is 2.49. The Balaban J connectivity index is 1.57. The van der Waals surface area contributed by atoms with Gasteiger partial charge in [0.2, 0.25) is 5.69 Å². The van der Waals surface area contributed by atoms with Gasteiger partial charge in [0.25, 0.3) is 0 Å². The van der Waals surface area contributed by atoms with Crippen molar-refractivity contribution in [3.63, 3.8) is 0 Å². The van der Waals surface area contributed by atoms with Gasteiger partial charge in [0.05, 0.1) is 13.5 Å². The molecule has 180 valence electrons. The van der Waals surface area contributed by atoms with E-state index in [0.717, 1.165) is 6.04 Å². The highest BCUT2D eigenvalue weighted by molar-refractivity contribution is 6.89. The normalized spacial score (nSPS) is 11.7. The smallest absolute Gasteiger partial charge is 0.200 e. The van der Waals surface area contributed by atoms with Gasteiger partial charge < -0.3 is 0 Å². The van der Waals surface area contributed by atoms with E-state index in [2.05, 4.69) is 143 Å². The summed E-state index contributed by atoms with van der Waals surface area (Å²) in [5, 5.41) is 4.16. The summed E-state index contributed by atoms with van der Waals surface area (Å²) in [5.74, 6) is 0. The van der Waals surface area contributed by atoms with E-state index in [1.54, 1.807) is 0 Å². The van der Waals surface area contributed by atoms with Crippen LogP contribution in [0.5, 0.6) is 0 Å². The molecule has 0 saturated heterocycles. The first kappa shape index (κ1) is 24.2. The molecule has 0 aliphatic rings. The lowest BCUT2D eigenvalue weighted by molar-refractivity contribution is -0.659. The second-order valence-electron chi connectivity index (χ2n) is 10.9. The number of nitrogens with zero attached hydrogens (tertiary/aromatic N) is 1. The fourth-order valence-corrected chi connectivity index (χ4v) is 8.23. The molecular formula is C34H36NSi+. The van der Waals surface area contributed by atoms with Crippen LogP contribution in [0.1, 0.15) is 22.3 Å². The Labute approximate surface area is 217 Å². The van der Waals surface area contributed by atoms with Gasteiger partial charge in [-0.05, 0) is 72.2 Å². The maximum Gasteiger partial charge on any atom is 0.220 e. The van der Waals surface area contributed by atoms with Crippen LogP contribution in [0, 0.1) is 20.8 Å². The zero-order chi connectivity index (χ0) is 25.4. The Kier molecular flexibility index (Phi) is 6.40. The molecule has 0 amide bonds. The van der Waals surface area contributed by atoms with Gasteiger partial charge in [-0.1, -0.05) is 96.6 Å². The molecular weight excluding hydrogens is 450 g/mol. The van der Waals surface area contributed by atoms with Crippen LogP contribution in [0.25, 0.3) is 33.2 Å². The molecule has 0 atom stereocenters. The summed E-state index contributed by atoms with van der Waals surface area (Å²) >= 11 is 0. The number of hydrogen-bond donors (Lipinski definition) is 0. The summed E-state index contributed by atoms with van der Waals surface area (Å²) in [4.78, 5) is 0. The molecule has 0 bridgehead atoms. The van der Waals surface area contributed by atoms with Crippen LogP contribution >= 0.6 is 0 Å². The molecule has 1 heterocycles. The quantitative estimate of drug-likeness (QED) is 0.178. The topological polar surface area (TPSA) is 3.88 Å². The molecule has 0 unspecified atom stereocenters. The molecule has 0 aliphatic carbocycles. The number of aryl methyl sites for hydroxylation is 4. The van der Waals surface area contributed by atoms with Gasteiger partial charge in [-0.25, -0.2) is 4.57 Å². The molecule has 4 aromatic carbocycles. The zero-order valence-corrected chi connectivity index (χ0v) is 23.4. The van der Waals surface area contributed by atoms with Crippen molar-refractivity contribution in [1.29, 1.82) is 0 Å². The minimum atomic E-state index is -1.62. The van der Waals surface area contributed by atoms with E-state index < -0.39 is 8.07 Å². The van der Waals surface area contributed by atoms with E-state index >= 15 is 0 Å². The average Bonchev–Trinajstić information content (AvgIpc) is 2.85. The van der Waals surface area contributed by atoms with Gasteiger partial charge in [-0.3, -0.25) is 0 Å². The van der Waals surface area contributed by atoms with Crippen molar-refractivity contribution in [3.8, 4) is 22.4 Å². The average molecular weight is 487 g/mol. The first-order chi connectivity index (χ1) is 17.2. The van der Waals surface area contributed by atoms with Crippen molar-refractivity contribution in [2.45, 2.75) is 39.9 Å². The third-order valence-electron chi connectivity index (χ3n) is 7.66. The van der Waals surface area contributed by atoms with Crippen molar-refractivity contribution >= 4 is 24.0 Å². The van der Waals surface area contributed by atoms with Crippen LogP contribution in [-0.2, 0) is 13.1 Å². The largest absolute Gasteiger partial charge is 0.220 e. The van der Waals surface area contributed by atoms with Crippen LogP contribution in [-0.4, -0.2) is 8.07 Å². The molecule has 36 heavy (non-hydrogen) atoms. The molecule has 5 aromatic rings. The van der Waals surface area contributed by atoms with Gasteiger partial charge in [-0.2, -0.15) is 0 Å². The van der Waals surface area contributed by atoms with E-state index in [4.69, 9.17) is 0 Å². The SMILES string of the molecule is Cc1cc(-c2c(C)cccc2C)ccc1-c1c2ccc([Si](C)(C)Cc3ccccc3)cc2cc[n+]1C. The van der Waals surface area contributed by atoms with Gasteiger partial charge in [0.1, 0.15) is 7.05 Å². The number of benzene rings is 4. The molecule has 0 saturated carbocycles. The molecule has 0 fully saturated rings. The van der Waals surface area contributed by atoms with Crippen molar-refractivity contribution in [2.24, 2.45) is 7.05 Å². The summed E-state index contributed by atoms with van der Waals surface area (Å²) in [5.41, 5.74) is 10.6. The van der Waals surface area contributed by atoms with Crippen LogP contribution in [0.3, 0.4) is 0 Å². The maximum atomic E-state index is 2.49. The predicted octanol–water partition coefficient (Wildman–Crippen LogP) is 7.62. The van der Waals surface area contributed by atoms with Gasteiger partial charge in [-0.15, -0.1) is 0 Å². The number of pyridine rings is 1. The van der Waals surface area contributed by atoms with Gasteiger partial charge >= 0.3 is 0 Å². The molecule has 1 aromatic heterocycles. The standard InChI is InChI=1S/C34H36NSi/c1-24-11-10-12-25(2)33(24)29-15-17-31(26(3)21-29)34-32-18-16-30(22-28(32)19-20-35(34)4)36(5,6)23-27-13-8-7-9-14-27/h7-22H,23H2,1-6H3/q+1. The monoisotopic (exact) mass is 486 g/mol. The fraction of sp³-hybridized carbons (Fsp3) is 0.206.